The second-order valence-corrected chi connectivity index (χ2v) is 5.43. The van der Waals surface area contributed by atoms with Gasteiger partial charge in [0, 0.05) is 0 Å². The van der Waals surface area contributed by atoms with E-state index in [1.807, 2.05) is 28.8 Å². The number of anilines is 1. The van der Waals surface area contributed by atoms with Crippen molar-refractivity contribution in [3.63, 3.8) is 0 Å². The van der Waals surface area contributed by atoms with E-state index in [2.05, 4.69) is 16.4 Å². The molecule has 4 rings (SSSR count). The van der Waals surface area contributed by atoms with Crippen LogP contribution in [0.2, 0.25) is 0 Å². The van der Waals surface area contributed by atoms with Crippen LogP contribution in [0.3, 0.4) is 0 Å². The summed E-state index contributed by atoms with van der Waals surface area (Å²) in [6.45, 7) is 0. The zero-order valence-corrected chi connectivity index (χ0v) is 12.0. The molecule has 1 aromatic heterocycles. The molecule has 2 aromatic carbocycles. The molecular formula is C17H12N4O2. The quantitative estimate of drug-likeness (QED) is 0.722. The van der Waals surface area contributed by atoms with E-state index in [1.54, 1.807) is 24.3 Å². The highest BCUT2D eigenvalue weighted by molar-refractivity contribution is 5.97. The number of nitrogens with one attached hydrogen (secondary N) is 1. The summed E-state index contributed by atoms with van der Waals surface area (Å²) in [4.78, 5) is 16.7. The number of hydrogen-bond acceptors (Lipinski definition) is 4. The number of hydrogen-bond donors (Lipinski definition) is 2. The van der Waals surface area contributed by atoms with Crippen LogP contribution in [-0.4, -0.2) is 20.6 Å². The molecule has 0 aliphatic carbocycles. The molecule has 0 bridgehead atoms. The Morgan fingerprint density at radius 1 is 1.22 bits per heavy atom. The molecular weight excluding hydrogens is 292 g/mol. The monoisotopic (exact) mass is 304 g/mol. The van der Waals surface area contributed by atoms with Crippen LogP contribution in [0.15, 0.2) is 48.5 Å². The van der Waals surface area contributed by atoms with Crippen molar-refractivity contribution in [1.29, 1.82) is 5.26 Å². The molecule has 0 radical (unpaired) electrons. The Morgan fingerprint density at radius 2 is 2.04 bits per heavy atom. The smallest absolute Gasteiger partial charge is 0.246 e. The highest BCUT2D eigenvalue weighted by atomic mass is 16.3. The summed E-state index contributed by atoms with van der Waals surface area (Å²) < 4.78 is 1.85. The van der Waals surface area contributed by atoms with E-state index in [9.17, 15) is 15.2 Å². The largest absolute Gasteiger partial charge is 0.508 e. The summed E-state index contributed by atoms with van der Waals surface area (Å²) in [5.74, 6) is -0.780. The van der Waals surface area contributed by atoms with Gasteiger partial charge in [-0.3, -0.25) is 10.1 Å². The molecule has 0 saturated carbocycles. The Balaban J connectivity index is 2.02. The van der Waals surface area contributed by atoms with Crippen LogP contribution < -0.4 is 5.32 Å². The zero-order valence-electron chi connectivity index (χ0n) is 12.0. The molecule has 2 N–H and O–H groups in total. The molecule has 23 heavy (non-hydrogen) atoms. The first-order valence-electron chi connectivity index (χ1n) is 7.15. The van der Waals surface area contributed by atoms with E-state index in [0.29, 0.717) is 11.5 Å². The van der Waals surface area contributed by atoms with E-state index in [1.165, 1.54) is 0 Å². The van der Waals surface area contributed by atoms with Crippen LogP contribution in [0, 0.1) is 17.2 Å². The number of nitrogens with zero attached hydrogens (tertiary/aromatic N) is 3. The molecule has 6 heteroatoms. The third-order valence-corrected chi connectivity index (χ3v) is 4.06. The van der Waals surface area contributed by atoms with E-state index in [0.717, 1.165) is 11.0 Å². The van der Waals surface area contributed by atoms with Gasteiger partial charge in [-0.15, -0.1) is 0 Å². The van der Waals surface area contributed by atoms with Crippen LogP contribution >= 0.6 is 0 Å². The lowest BCUT2D eigenvalue weighted by atomic mass is 9.91. The van der Waals surface area contributed by atoms with E-state index >= 15 is 0 Å². The van der Waals surface area contributed by atoms with Crippen LogP contribution in [0.25, 0.3) is 11.0 Å². The fourth-order valence-electron chi connectivity index (χ4n) is 3.07. The Kier molecular flexibility index (Phi) is 2.81. The third kappa shape index (κ3) is 1.94. The second-order valence-electron chi connectivity index (χ2n) is 5.43. The van der Waals surface area contributed by atoms with Gasteiger partial charge in [0.2, 0.25) is 11.9 Å². The van der Waals surface area contributed by atoms with Gasteiger partial charge in [-0.1, -0.05) is 24.3 Å². The van der Waals surface area contributed by atoms with Gasteiger partial charge in [0.05, 0.1) is 23.1 Å². The van der Waals surface area contributed by atoms with Crippen molar-refractivity contribution in [2.75, 3.05) is 5.32 Å². The average molecular weight is 304 g/mol. The summed E-state index contributed by atoms with van der Waals surface area (Å²) in [5.41, 5.74) is 2.26. The predicted molar refractivity (Wildman–Crippen MR) is 83.7 cm³/mol. The summed E-state index contributed by atoms with van der Waals surface area (Å²) in [7, 11) is 0. The van der Waals surface area contributed by atoms with Crippen molar-refractivity contribution >= 4 is 22.9 Å². The standard InChI is InChI=1S/C17H12N4O2/c18-9-12-15(10-4-3-5-11(22)8-10)21-14-7-2-1-6-13(14)19-17(21)20-16(12)23/h1-8,12,15,22H,(H,19,20,23)/t12-,15+/m1/s1. The minimum Gasteiger partial charge on any atom is -0.508 e. The Morgan fingerprint density at radius 3 is 2.83 bits per heavy atom. The summed E-state index contributed by atoms with van der Waals surface area (Å²) in [6.07, 6.45) is 0. The summed E-state index contributed by atoms with van der Waals surface area (Å²) in [6, 6.07) is 15.7. The molecule has 0 spiro atoms. The highest BCUT2D eigenvalue weighted by Gasteiger charge is 2.38. The highest BCUT2D eigenvalue weighted by Crippen LogP contribution is 2.38. The molecule has 6 nitrogen and oxygen atoms in total. The number of fused-ring (bicyclic) bond motifs is 3. The SMILES string of the molecule is N#C[C@H]1C(=O)Nc2nc3ccccc3n2[C@H]1c1cccc(O)c1. The van der Waals surface area contributed by atoms with Gasteiger partial charge in [0.15, 0.2) is 5.92 Å². The van der Waals surface area contributed by atoms with Gasteiger partial charge in [-0.2, -0.15) is 5.26 Å². The van der Waals surface area contributed by atoms with Crippen molar-refractivity contribution in [1.82, 2.24) is 9.55 Å². The molecule has 1 aliphatic rings. The van der Waals surface area contributed by atoms with Gasteiger partial charge in [0.1, 0.15) is 5.75 Å². The molecule has 0 fully saturated rings. The number of aromatic hydroxyl groups is 1. The predicted octanol–water partition coefficient (Wildman–Crippen LogP) is 2.42. The number of nitriles is 1. The lowest BCUT2D eigenvalue weighted by Crippen LogP contribution is -2.37. The number of rotatable bonds is 1. The van der Waals surface area contributed by atoms with Gasteiger partial charge in [-0.05, 0) is 29.8 Å². The summed E-state index contributed by atoms with van der Waals surface area (Å²) in [5, 5.41) is 22.0. The fourth-order valence-corrected chi connectivity index (χ4v) is 3.07. The number of benzene rings is 2. The molecule has 3 aromatic rings. The van der Waals surface area contributed by atoms with Crippen molar-refractivity contribution in [3.8, 4) is 11.8 Å². The van der Waals surface area contributed by atoms with Gasteiger partial charge in [0.25, 0.3) is 0 Å². The first-order valence-corrected chi connectivity index (χ1v) is 7.15. The number of carbonyl (C=O) groups is 1. The molecule has 0 unspecified atom stereocenters. The maximum atomic E-state index is 12.3. The molecule has 112 valence electrons. The minimum atomic E-state index is -0.901. The number of imidazole rings is 1. The molecule has 2 heterocycles. The maximum Gasteiger partial charge on any atom is 0.246 e. The zero-order chi connectivity index (χ0) is 16.0. The molecule has 2 atom stereocenters. The van der Waals surface area contributed by atoms with Gasteiger partial charge in [-0.25, -0.2) is 4.98 Å². The van der Waals surface area contributed by atoms with Crippen molar-refractivity contribution in [2.24, 2.45) is 5.92 Å². The van der Waals surface area contributed by atoms with Gasteiger partial charge >= 0.3 is 0 Å². The number of aromatic nitrogens is 2. The number of phenolic OH excluding ortho intramolecular Hbond substituents is 1. The topological polar surface area (TPSA) is 90.9 Å². The Bertz CT molecular complexity index is 970. The van der Waals surface area contributed by atoms with E-state index < -0.39 is 12.0 Å². The third-order valence-electron chi connectivity index (χ3n) is 4.06. The van der Waals surface area contributed by atoms with Crippen LogP contribution in [0.5, 0.6) is 5.75 Å². The number of phenols is 1. The van der Waals surface area contributed by atoms with Crippen molar-refractivity contribution in [2.45, 2.75) is 6.04 Å². The molecule has 1 amide bonds. The van der Waals surface area contributed by atoms with Crippen LogP contribution in [0.4, 0.5) is 5.95 Å². The molecule has 1 aliphatic heterocycles. The van der Waals surface area contributed by atoms with E-state index in [4.69, 9.17) is 0 Å². The first kappa shape index (κ1) is 13.3. The lowest BCUT2D eigenvalue weighted by molar-refractivity contribution is -0.119. The number of amides is 1. The van der Waals surface area contributed by atoms with E-state index in [-0.39, 0.29) is 11.7 Å². The number of carbonyl (C=O) groups excluding carboxylic acids is 1. The number of para-hydroxylation sites is 2. The minimum absolute atomic E-state index is 0.0937. The van der Waals surface area contributed by atoms with Gasteiger partial charge < -0.3 is 9.67 Å². The Labute approximate surface area is 131 Å². The van der Waals surface area contributed by atoms with Crippen LogP contribution in [0.1, 0.15) is 11.6 Å². The average Bonchev–Trinajstić information content (AvgIpc) is 2.91. The fraction of sp³-hybridized carbons (Fsp3) is 0.118. The second kappa shape index (κ2) is 4.85. The molecule has 0 saturated heterocycles. The summed E-state index contributed by atoms with van der Waals surface area (Å²) >= 11 is 0. The van der Waals surface area contributed by atoms with Crippen LogP contribution in [-0.2, 0) is 4.79 Å². The maximum absolute atomic E-state index is 12.3. The Hall–Kier alpha value is -3.33. The lowest BCUT2D eigenvalue weighted by Gasteiger charge is -2.29. The van der Waals surface area contributed by atoms with Crippen molar-refractivity contribution in [3.05, 3.63) is 54.1 Å². The first-order chi connectivity index (χ1) is 11.2. The normalized spacial score (nSPS) is 19.9. The van der Waals surface area contributed by atoms with Crippen molar-refractivity contribution < 1.29 is 9.90 Å².